The molecule has 2 fully saturated rings. The highest BCUT2D eigenvalue weighted by Gasteiger charge is 2.36. The van der Waals surface area contributed by atoms with Crippen LogP contribution in [0.25, 0.3) is 0 Å². The van der Waals surface area contributed by atoms with Gasteiger partial charge >= 0.3 is 0 Å². The molecule has 2 atom stereocenters. The lowest BCUT2D eigenvalue weighted by Gasteiger charge is -2.27. The summed E-state index contributed by atoms with van der Waals surface area (Å²) in [7, 11) is 0. The molecule has 2 heteroatoms. The number of hydrogen-bond donors (Lipinski definition) is 1. The molecule has 70 valence electrons. The van der Waals surface area contributed by atoms with E-state index >= 15 is 0 Å². The van der Waals surface area contributed by atoms with Crippen LogP contribution in [0.15, 0.2) is 0 Å². The predicted molar refractivity (Wildman–Crippen MR) is 51.2 cm³/mol. The Labute approximate surface area is 75.3 Å². The van der Waals surface area contributed by atoms with Gasteiger partial charge in [0.25, 0.3) is 0 Å². The first kappa shape index (κ1) is 8.52. The van der Waals surface area contributed by atoms with E-state index in [9.17, 15) is 0 Å². The van der Waals surface area contributed by atoms with Crippen molar-refractivity contribution in [2.45, 2.75) is 38.8 Å². The van der Waals surface area contributed by atoms with Crippen LogP contribution in [0.3, 0.4) is 0 Å². The van der Waals surface area contributed by atoms with Crippen LogP contribution in [-0.2, 0) is 0 Å². The van der Waals surface area contributed by atoms with Gasteiger partial charge < -0.3 is 5.32 Å². The molecule has 0 aromatic carbocycles. The molecular weight excluding hydrogens is 148 g/mol. The Balaban J connectivity index is 1.76. The summed E-state index contributed by atoms with van der Waals surface area (Å²) in [5.74, 6) is 0.858. The van der Waals surface area contributed by atoms with Gasteiger partial charge in [-0.25, -0.2) is 0 Å². The third-order valence-corrected chi connectivity index (χ3v) is 3.16. The summed E-state index contributed by atoms with van der Waals surface area (Å²) in [6, 6.07) is 1.69. The molecule has 2 saturated heterocycles. The van der Waals surface area contributed by atoms with Crippen molar-refractivity contribution >= 4 is 0 Å². The van der Waals surface area contributed by atoms with Gasteiger partial charge in [0.05, 0.1) is 0 Å². The Morgan fingerprint density at radius 2 is 2.33 bits per heavy atom. The number of piperazine rings is 1. The molecule has 0 aliphatic carbocycles. The van der Waals surface area contributed by atoms with Crippen LogP contribution in [0.2, 0.25) is 0 Å². The maximum atomic E-state index is 3.53. The molecule has 2 nitrogen and oxygen atoms in total. The van der Waals surface area contributed by atoms with Crippen LogP contribution >= 0.6 is 0 Å². The fourth-order valence-electron chi connectivity index (χ4n) is 2.35. The van der Waals surface area contributed by atoms with Crippen molar-refractivity contribution in [3.05, 3.63) is 0 Å². The van der Waals surface area contributed by atoms with Gasteiger partial charge in [-0.2, -0.15) is 0 Å². The van der Waals surface area contributed by atoms with Crippen LogP contribution in [0.1, 0.15) is 26.7 Å². The second-order valence-electron chi connectivity index (χ2n) is 4.67. The number of nitrogens with zero attached hydrogens (tertiary/aromatic N) is 1. The molecule has 12 heavy (non-hydrogen) atoms. The van der Waals surface area contributed by atoms with Gasteiger partial charge in [-0.1, -0.05) is 13.8 Å². The normalized spacial score (nSPS) is 35.2. The summed E-state index contributed by atoms with van der Waals surface area (Å²) in [6.45, 7) is 8.49. The zero-order valence-electron chi connectivity index (χ0n) is 8.21. The van der Waals surface area contributed by atoms with Crippen LogP contribution in [-0.4, -0.2) is 36.6 Å². The van der Waals surface area contributed by atoms with Gasteiger partial charge in [-0.3, -0.25) is 4.90 Å². The minimum Gasteiger partial charge on any atom is -0.311 e. The largest absolute Gasteiger partial charge is 0.311 e. The van der Waals surface area contributed by atoms with E-state index in [2.05, 4.69) is 24.1 Å². The Kier molecular flexibility index (Phi) is 2.37. The van der Waals surface area contributed by atoms with Crippen LogP contribution in [0.5, 0.6) is 0 Å². The summed E-state index contributed by atoms with van der Waals surface area (Å²) in [6.07, 6.45) is 2.77. The second kappa shape index (κ2) is 3.35. The highest BCUT2D eigenvalue weighted by atomic mass is 15.3. The standard InChI is InChI=1S/C10H20N2/c1-8(2)3-4-12-7-9-5-10(12)6-11-9/h8-11H,3-7H2,1-2H3/t9-,10-/m0/s1. The van der Waals surface area contributed by atoms with E-state index in [0.717, 1.165) is 18.0 Å². The maximum absolute atomic E-state index is 3.53. The summed E-state index contributed by atoms with van der Waals surface area (Å²) in [4.78, 5) is 2.67. The summed E-state index contributed by atoms with van der Waals surface area (Å²) >= 11 is 0. The van der Waals surface area contributed by atoms with Gasteiger partial charge in [0.2, 0.25) is 0 Å². The quantitative estimate of drug-likeness (QED) is 0.678. The van der Waals surface area contributed by atoms with E-state index in [1.165, 1.54) is 32.5 Å². The molecular formula is C10H20N2. The zero-order valence-corrected chi connectivity index (χ0v) is 8.21. The molecule has 1 N–H and O–H groups in total. The van der Waals surface area contributed by atoms with E-state index < -0.39 is 0 Å². The SMILES string of the molecule is CC(C)CCN1C[C@@H]2C[C@H]1CN2. The van der Waals surface area contributed by atoms with Crippen molar-refractivity contribution < 1.29 is 0 Å². The number of fused-ring (bicyclic) bond motifs is 2. The third-order valence-electron chi connectivity index (χ3n) is 3.16. The second-order valence-corrected chi connectivity index (χ2v) is 4.67. The Hall–Kier alpha value is -0.0800. The molecule has 0 amide bonds. The predicted octanol–water partition coefficient (Wildman–Crippen LogP) is 1.08. The van der Waals surface area contributed by atoms with Crippen LogP contribution in [0, 0.1) is 5.92 Å². The molecule has 2 rings (SSSR count). The minimum absolute atomic E-state index is 0.821. The smallest absolute Gasteiger partial charge is 0.0236 e. The first-order valence-corrected chi connectivity index (χ1v) is 5.23. The molecule has 2 bridgehead atoms. The van der Waals surface area contributed by atoms with E-state index in [-0.39, 0.29) is 0 Å². The monoisotopic (exact) mass is 168 g/mol. The Bertz CT molecular complexity index is 156. The Morgan fingerprint density at radius 3 is 2.83 bits per heavy atom. The molecule has 0 saturated carbocycles. The number of hydrogen-bond acceptors (Lipinski definition) is 2. The first-order valence-electron chi connectivity index (χ1n) is 5.23. The Morgan fingerprint density at radius 1 is 1.50 bits per heavy atom. The lowest BCUT2D eigenvalue weighted by Crippen LogP contribution is -2.44. The van der Waals surface area contributed by atoms with Gasteiger partial charge in [-0.15, -0.1) is 0 Å². The molecule has 0 aromatic heterocycles. The fraction of sp³-hybridized carbons (Fsp3) is 1.00. The van der Waals surface area contributed by atoms with E-state index in [1.807, 2.05) is 0 Å². The summed E-state index contributed by atoms with van der Waals surface area (Å²) < 4.78 is 0. The van der Waals surface area contributed by atoms with Gasteiger partial charge in [0.1, 0.15) is 0 Å². The van der Waals surface area contributed by atoms with E-state index in [1.54, 1.807) is 0 Å². The van der Waals surface area contributed by atoms with Gasteiger partial charge in [-0.05, 0) is 25.3 Å². The average molecular weight is 168 g/mol. The molecule has 2 heterocycles. The highest BCUT2D eigenvalue weighted by Crippen LogP contribution is 2.23. The van der Waals surface area contributed by atoms with Crippen molar-refractivity contribution in [1.29, 1.82) is 0 Å². The van der Waals surface area contributed by atoms with E-state index in [0.29, 0.717) is 0 Å². The van der Waals surface area contributed by atoms with Gasteiger partial charge in [0, 0.05) is 25.2 Å². The van der Waals surface area contributed by atoms with Crippen LogP contribution < -0.4 is 5.32 Å². The average Bonchev–Trinajstić information content (AvgIpc) is 2.60. The van der Waals surface area contributed by atoms with Gasteiger partial charge in [0.15, 0.2) is 0 Å². The summed E-state index contributed by atoms with van der Waals surface area (Å²) in [5.41, 5.74) is 0. The van der Waals surface area contributed by atoms with Crippen molar-refractivity contribution in [2.75, 3.05) is 19.6 Å². The summed E-state index contributed by atoms with van der Waals surface area (Å²) in [5, 5.41) is 3.53. The molecule has 0 radical (unpaired) electrons. The third kappa shape index (κ3) is 1.64. The first-order chi connectivity index (χ1) is 5.75. The molecule has 0 unspecified atom stereocenters. The maximum Gasteiger partial charge on any atom is 0.0236 e. The molecule has 2 aliphatic heterocycles. The van der Waals surface area contributed by atoms with Crippen LogP contribution in [0.4, 0.5) is 0 Å². The topological polar surface area (TPSA) is 15.3 Å². The molecule has 2 aliphatic rings. The molecule has 0 spiro atoms. The number of nitrogens with one attached hydrogen (secondary N) is 1. The lowest BCUT2D eigenvalue weighted by atomic mass is 10.1. The zero-order chi connectivity index (χ0) is 8.55. The van der Waals surface area contributed by atoms with Crippen molar-refractivity contribution in [3.63, 3.8) is 0 Å². The van der Waals surface area contributed by atoms with Crippen molar-refractivity contribution in [2.24, 2.45) is 5.92 Å². The highest BCUT2D eigenvalue weighted by molar-refractivity contribution is 4.97. The minimum atomic E-state index is 0.821. The van der Waals surface area contributed by atoms with Crippen molar-refractivity contribution in [3.8, 4) is 0 Å². The molecule has 0 aromatic rings. The van der Waals surface area contributed by atoms with Crippen molar-refractivity contribution in [1.82, 2.24) is 10.2 Å². The van der Waals surface area contributed by atoms with E-state index in [4.69, 9.17) is 0 Å². The lowest BCUT2D eigenvalue weighted by molar-refractivity contribution is 0.214. The fourth-order valence-corrected chi connectivity index (χ4v) is 2.35. The number of likely N-dealkylation sites (tertiary alicyclic amines) is 1. The number of rotatable bonds is 3.